The van der Waals surface area contributed by atoms with E-state index in [4.69, 9.17) is 9.62 Å². The van der Waals surface area contributed by atoms with Gasteiger partial charge < -0.3 is 4.52 Å². The Morgan fingerprint density at radius 3 is 1.89 bits per heavy atom. The van der Waals surface area contributed by atoms with Crippen LogP contribution in [0.25, 0.3) is 11.3 Å². The van der Waals surface area contributed by atoms with E-state index in [-0.39, 0.29) is 0 Å². The van der Waals surface area contributed by atoms with E-state index < -0.39 is 13.0 Å². The van der Waals surface area contributed by atoms with E-state index in [1.54, 1.807) is 0 Å². The van der Waals surface area contributed by atoms with E-state index in [0.717, 1.165) is 21.4 Å². The molecule has 0 spiro atoms. The van der Waals surface area contributed by atoms with Crippen LogP contribution in [0, 0.1) is 18.8 Å². The quantitative estimate of drug-likeness (QED) is 0.170. The van der Waals surface area contributed by atoms with Gasteiger partial charge in [0.25, 0.3) is 7.37 Å². The van der Waals surface area contributed by atoms with Gasteiger partial charge in [-0.25, -0.2) is 0 Å². The van der Waals surface area contributed by atoms with Crippen LogP contribution in [0.4, 0.5) is 0 Å². The van der Waals surface area contributed by atoms with Crippen molar-refractivity contribution in [1.82, 2.24) is 9.78 Å². The summed E-state index contributed by atoms with van der Waals surface area (Å²) in [5.41, 5.74) is 2.08. The number of halogens is 1. The summed E-state index contributed by atoms with van der Waals surface area (Å²) in [4.78, 5) is 0. The lowest BCUT2D eigenvalue weighted by Gasteiger charge is -2.32. The summed E-state index contributed by atoms with van der Waals surface area (Å²) in [5.74, 6) is 6.64. The molecule has 3 aromatic carbocycles. The molecule has 0 N–H and O–H groups in total. The second-order valence-corrected chi connectivity index (χ2v) is 11.7. The van der Waals surface area contributed by atoms with Gasteiger partial charge in [0, 0.05) is 16.2 Å². The van der Waals surface area contributed by atoms with Crippen LogP contribution in [-0.4, -0.2) is 15.4 Å². The molecule has 0 aliphatic heterocycles. The van der Waals surface area contributed by atoms with Crippen LogP contribution in [0.15, 0.2) is 95.5 Å². The van der Waals surface area contributed by atoms with Crippen molar-refractivity contribution in [1.29, 1.82) is 0 Å². The maximum atomic E-state index is 14.5. The normalized spacial score (nSPS) is 11.7. The zero-order valence-electron chi connectivity index (χ0n) is 20.8. The third-order valence-corrected chi connectivity index (χ3v) is 9.88. The van der Waals surface area contributed by atoms with Crippen LogP contribution < -0.4 is 10.6 Å². The van der Waals surface area contributed by atoms with Gasteiger partial charge in [0.05, 0.1) is 10.2 Å². The fraction of sp³-hybridized carbons (Fsp3) is 0.233. The van der Waals surface area contributed by atoms with E-state index in [9.17, 15) is 4.57 Å². The predicted molar refractivity (Wildman–Crippen MR) is 152 cm³/mol. The molecule has 0 aliphatic carbocycles. The van der Waals surface area contributed by atoms with Crippen LogP contribution in [0.5, 0.6) is 0 Å². The Labute approximate surface area is 222 Å². The van der Waals surface area contributed by atoms with Crippen LogP contribution >= 0.6 is 23.3 Å². The highest BCUT2D eigenvalue weighted by Gasteiger charge is 2.38. The molecular weight excluding hydrogens is 531 g/mol. The van der Waals surface area contributed by atoms with Crippen molar-refractivity contribution in [3.63, 3.8) is 0 Å². The molecule has 0 atom stereocenters. The van der Waals surface area contributed by atoms with Crippen molar-refractivity contribution in [2.24, 2.45) is 0 Å². The first-order chi connectivity index (χ1) is 17.4. The van der Waals surface area contributed by atoms with Gasteiger partial charge in [-0.1, -0.05) is 92.4 Å². The molecule has 0 saturated heterocycles. The minimum atomic E-state index is -3.38. The summed E-state index contributed by atoms with van der Waals surface area (Å²) >= 11 is 3.69. The van der Waals surface area contributed by atoms with Crippen LogP contribution in [-0.2, 0) is 15.6 Å². The van der Waals surface area contributed by atoms with Crippen LogP contribution in [0.3, 0.4) is 0 Å². The number of hydrogen-bond donors (Lipinski definition) is 0. The largest absolute Gasteiger partial charge is 0.302 e. The lowest BCUT2D eigenvalue weighted by atomic mass is 9.98. The molecule has 4 aromatic rings. The fourth-order valence-electron chi connectivity index (χ4n) is 4.06. The van der Waals surface area contributed by atoms with Gasteiger partial charge in [-0.2, -0.15) is 5.10 Å². The summed E-state index contributed by atoms with van der Waals surface area (Å²) in [6.07, 6.45) is 1.22. The third-order valence-electron chi connectivity index (χ3n) is 6.36. The van der Waals surface area contributed by atoms with E-state index in [1.165, 1.54) is 0 Å². The molecule has 0 amide bonds. The smallest absolute Gasteiger partial charge is 0.262 e. The highest BCUT2D eigenvalue weighted by Crippen LogP contribution is 2.49. The van der Waals surface area contributed by atoms with Crippen LogP contribution in [0.1, 0.15) is 32.4 Å². The van der Waals surface area contributed by atoms with Crippen molar-refractivity contribution in [3.8, 4) is 23.1 Å². The highest BCUT2D eigenvalue weighted by atomic mass is 79.9. The standard InChI is InChI=1S/C30H30BrN2O2P/c1-4-30(5-2,35-36(34,26-18-11-7-12-19-26)27-20-13-8-14-21-27)22-15-23-33-24(3)28(31)29(32-33)25-16-9-6-10-17-25/h6-14,16-21H,4-5,23H2,1-3H3. The first kappa shape index (κ1) is 26.2. The molecule has 4 rings (SSSR count). The first-order valence-electron chi connectivity index (χ1n) is 12.1. The maximum Gasteiger partial charge on any atom is 0.262 e. The van der Waals surface area contributed by atoms with Gasteiger partial charge in [-0.15, -0.1) is 0 Å². The highest BCUT2D eigenvalue weighted by molar-refractivity contribution is 9.10. The van der Waals surface area contributed by atoms with Gasteiger partial charge in [-0.3, -0.25) is 9.25 Å². The van der Waals surface area contributed by atoms with Crippen molar-refractivity contribution in [3.05, 3.63) is 101 Å². The Kier molecular flexibility index (Phi) is 8.32. The Morgan fingerprint density at radius 2 is 1.39 bits per heavy atom. The fourth-order valence-corrected chi connectivity index (χ4v) is 7.01. The number of nitrogens with zero attached hydrogens (tertiary/aromatic N) is 2. The van der Waals surface area contributed by atoms with E-state index in [0.29, 0.717) is 30.0 Å². The van der Waals surface area contributed by atoms with Crippen molar-refractivity contribution >= 4 is 33.9 Å². The van der Waals surface area contributed by atoms with E-state index >= 15 is 0 Å². The topological polar surface area (TPSA) is 44.1 Å². The molecular formula is C30H30BrN2O2P. The lowest BCUT2D eigenvalue weighted by molar-refractivity contribution is 0.131. The molecule has 4 nitrogen and oxygen atoms in total. The number of aromatic nitrogens is 2. The number of rotatable bonds is 8. The Hall–Kier alpha value is -2.90. The van der Waals surface area contributed by atoms with E-state index in [2.05, 4.69) is 27.8 Å². The summed E-state index contributed by atoms with van der Waals surface area (Å²) in [6, 6.07) is 28.9. The minimum absolute atomic E-state index is 0.406. The molecule has 184 valence electrons. The van der Waals surface area contributed by atoms with Crippen LogP contribution in [0.2, 0.25) is 0 Å². The van der Waals surface area contributed by atoms with E-state index in [1.807, 2.05) is 116 Å². The summed E-state index contributed by atoms with van der Waals surface area (Å²) in [5, 5.41) is 6.13. The monoisotopic (exact) mass is 560 g/mol. The first-order valence-corrected chi connectivity index (χ1v) is 14.5. The number of hydrogen-bond acceptors (Lipinski definition) is 3. The molecule has 0 unspecified atom stereocenters. The second kappa shape index (κ2) is 11.4. The van der Waals surface area contributed by atoms with Gasteiger partial charge >= 0.3 is 0 Å². The summed E-state index contributed by atoms with van der Waals surface area (Å²) < 4.78 is 24.0. The van der Waals surface area contributed by atoms with Crippen molar-refractivity contribution < 1.29 is 9.09 Å². The van der Waals surface area contributed by atoms with Gasteiger partial charge in [0.2, 0.25) is 0 Å². The SMILES string of the molecule is CCC(C#CCn1nc(-c2ccccc2)c(Br)c1C)(CC)OP(=O)(c1ccccc1)c1ccccc1. The molecule has 0 bridgehead atoms. The summed E-state index contributed by atoms with van der Waals surface area (Å²) in [7, 11) is -3.38. The third kappa shape index (κ3) is 5.42. The molecule has 0 radical (unpaired) electrons. The molecule has 0 fully saturated rings. The maximum absolute atomic E-state index is 14.5. The second-order valence-electron chi connectivity index (χ2n) is 8.59. The zero-order chi connectivity index (χ0) is 25.6. The molecule has 6 heteroatoms. The summed E-state index contributed by atoms with van der Waals surface area (Å²) in [6.45, 7) is 6.49. The average molecular weight is 561 g/mol. The molecule has 36 heavy (non-hydrogen) atoms. The van der Waals surface area contributed by atoms with Crippen molar-refractivity contribution in [2.75, 3.05) is 0 Å². The molecule has 1 heterocycles. The Balaban J connectivity index is 1.67. The predicted octanol–water partition coefficient (Wildman–Crippen LogP) is 7.13. The molecule has 0 saturated carbocycles. The average Bonchev–Trinajstić information content (AvgIpc) is 3.22. The zero-order valence-corrected chi connectivity index (χ0v) is 23.3. The molecule has 0 aliphatic rings. The van der Waals surface area contributed by atoms with Crippen molar-refractivity contribution in [2.45, 2.75) is 45.8 Å². The van der Waals surface area contributed by atoms with Gasteiger partial charge in [0.1, 0.15) is 17.8 Å². The van der Waals surface area contributed by atoms with Gasteiger partial charge in [-0.05, 0) is 60.0 Å². The van der Waals surface area contributed by atoms with Gasteiger partial charge in [0.15, 0.2) is 0 Å². The minimum Gasteiger partial charge on any atom is -0.302 e. The molecule has 1 aromatic heterocycles. The Bertz CT molecular complexity index is 1360. The lowest BCUT2D eigenvalue weighted by Crippen LogP contribution is -2.33. The Morgan fingerprint density at radius 1 is 0.889 bits per heavy atom. The number of benzene rings is 3.